The maximum Gasteiger partial charge on any atom is 0.305 e. The van der Waals surface area contributed by atoms with Crippen molar-refractivity contribution in [1.29, 1.82) is 0 Å². The molecule has 1 fully saturated rings. The van der Waals surface area contributed by atoms with Gasteiger partial charge in [-0.1, -0.05) is 0 Å². The van der Waals surface area contributed by atoms with E-state index in [4.69, 9.17) is 9.47 Å². The van der Waals surface area contributed by atoms with Crippen molar-refractivity contribution in [1.82, 2.24) is 10.0 Å². The average molecular weight is 404 g/mol. The van der Waals surface area contributed by atoms with Crippen LogP contribution in [0.4, 0.5) is 0 Å². The third-order valence-corrected chi connectivity index (χ3v) is 4.67. The number of benzene rings is 1. The van der Waals surface area contributed by atoms with E-state index >= 15 is 0 Å². The molecule has 8 heteroatoms. The molecule has 0 aliphatic carbocycles. The highest BCUT2D eigenvalue weighted by Gasteiger charge is 2.29. The van der Waals surface area contributed by atoms with E-state index in [0.717, 1.165) is 6.42 Å². The lowest BCUT2D eigenvalue weighted by Gasteiger charge is -2.27. The molecular formula is C21H28N2O6. The lowest BCUT2D eigenvalue weighted by molar-refractivity contribution is -0.154. The Morgan fingerprint density at radius 2 is 1.72 bits per heavy atom. The molecular weight excluding hydrogens is 376 g/mol. The van der Waals surface area contributed by atoms with Crippen molar-refractivity contribution in [2.24, 2.45) is 0 Å². The van der Waals surface area contributed by atoms with Crippen molar-refractivity contribution in [3.05, 3.63) is 29.8 Å². The zero-order valence-corrected chi connectivity index (χ0v) is 17.2. The fourth-order valence-electron chi connectivity index (χ4n) is 3.09. The number of nitrogens with zero attached hydrogens (tertiary/aromatic N) is 2. The summed E-state index contributed by atoms with van der Waals surface area (Å²) in [5.74, 6) is 0.606. The number of amides is 2. The molecule has 1 aromatic carbocycles. The summed E-state index contributed by atoms with van der Waals surface area (Å²) in [5.41, 5.74) is 0.708. The number of ether oxygens (including phenoxy) is 3. The third-order valence-electron chi connectivity index (χ3n) is 4.67. The number of hydrogen-bond acceptors (Lipinski definition) is 6. The maximum absolute atomic E-state index is 12.7. The van der Waals surface area contributed by atoms with E-state index in [1.807, 2.05) is 0 Å². The SMILES string of the molecule is COC(=O)CCCCC(=O)N1CCCN1C(=O)C=Cc1cc(OC)ccc1OC. The molecule has 2 rings (SSSR count). The van der Waals surface area contributed by atoms with Crippen LogP contribution in [0.25, 0.3) is 6.08 Å². The Balaban J connectivity index is 1.96. The smallest absolute Gasteiger partial charge is 0.305 e. The van der Waals surface area contributed by atoms with Crippen molar-refractivity contribution in [3.8, 4) is 11.5 Å². The molecule has 0 saturated carbocycles. The molecule has 0 N–H and O–H groups in total. The summed E-state index contributed by atoms with van der Waals surface area (Å²) in [4.78, 5) is 36.3. The molecule has 0 spiro atoms. The number of hydrogen-bond donors (Lipinski definition) is 0. The molecule has 1 saturated heterocycles. The predicted molar refractivity (Wildman–Crippen MR) is 107 cm³/mol. The lowest BCUT2D eigenvalue weighted by Crippen LogP contribution is -2.44. The van der Waals surface area contributed by atoms with Crippen molar-refractivity contribution in [3.63, 3.8) is 0 Å². The second-order valence-corrected chi connectivity index (χ2v) is 6.56. The molecule has 8 nitrogen and oxygen atoms in total. The van der Waals surface area contributed by atoms with Crippen LogP contribution in [0.3, 0.4) is 0 Å². The maximum atomic E-state index is 12.7. The fraction of sp³-hybridized carbons (Fsp3) is 0.476. The summed E-state index contributed by atoms with van der Waals surface area (Å²) in [6, 6.07) is 5.32. The minimum atomic E-state index is -0.284. The average Bonchev–Trinajstić information content (AvgIpc) is 3.24. The number of rotatable bonds is 9. The largest absolute Gasteiger partial charge is 0.497 e. The molecule has 2 amide bonds. The number of hydrazine groups is 1. The predicted octanol–water partition coefficient (Wildman–Crippen LogP) is 2.43. The Bertz CT molecular complexity index is 762. The summed E-state index contributed by atoms with van der Waals surface area (Å²) in [5, 5.41) is 2.96. The van der Waals surface area contributed by atoms with Crippen molar-refractivity contribution in [2.75, 3.05) is 34.4 Å². The number of carbonyl (C=O) groups is 3. The quantitative estimate of drug-likeness (QED) is 0.357. The molecule has 0 bridgehead atoms. The lowest BCUT2D eigenvalue weighted by atomic mass is 10.1. The highest BCUT2D eigenvalue weighted by molar-refractivity contribution is 5.93. The monoisotopic (exact) mass is 404 g/mol. The summed E-state index contributed by atoms with van der Waals surface area (Å²) in [7, 11) is 4.47. The second-order valence-electron chi connectivity index (χ2n) is 6.56. The minimum absolute atomic E-state index is 0.118. The van der Waals surface area contributed by atoms with Crippen LogP contribution in [0.5, 0.6) is 11.5 Å². The molecule has 0 atom stereocenters. The first-order valence-electron chi connectivity index (χ1n) is 9.58. The Kier molecular flexibility index (Phi) is 8.51. The number of unbranched alkanes of at least 4 members (excludes halogenated alkanes) is 1. The molecule has 1 aromatic rings. The van der Waals surface area contributed by atoms with E-state index in [1.165, 1.54) is 23.2 Å². The highest BCUT2D eigenvalue weighted by Crippen LogP contribution is 2.25. The van der Waals surface area contributed by atoms with Gasteiger partial charge in [0.25, 0.3) is 5.91 Å². The van der Waals surface area contributed by atoms with Crippen molar-refractivity contribution < 1.29 is 28.6 Å². The molecule has 1 aliphatic rings. The van der Waals surface area contributed by atoms with Crippen LogP contribution >= 0.6 is 0 Å². The molecule has 0 radical (unpaired) electrons. The van der Waals surface area contributed by atoms with Crippen LogP contribution in [-0.4, -0.2) is 62.2 Å². The Morgan fingerprint density at radius 1 is 1.00 bits per heavy atom. The summed E-state index contributed by atoms with van der Waals surface area (Å²) >= 11 is 0. The van der Waals surface area contributed by atoms with Gasteiger partial charge in [0.2, 0.25) is 5.91 Å². The molecule has 29 heavy (non-hydrogen) atoms. The van der Waals surface area contributed by atoms with Crippen LogP contribution < -0.4 is 9.47 Å². The Hall–Kier alpha value is -3.03. The van der Waals surface area contributed by atoms with Crippen LogP contribution in [0.2, 0.25) is 0 Å². The van der Waals surface area contributed by atoms with E-state index in [1.54, 1.807) is 38.5 Å². The van der Waals surface area contributed by atoms with E-state index in [-0.39, 0.29) is 30.6 Å². The van der Waals surface area contributed by atoms with Crippen LogP contribution in [-0.2, 0) is 19.1 Å². The third kappa shape index (κ3) is 6.23. The first kappa shape index (κ1) is 22.3. The first-order valence-corrected chi connectivity index (χ1v) is 9.58. The fourth-order valence-corrected chi connectivity index (χ4v) is 3.09. The summed E-state index contributed by atoms with van der Waals surface area (Å²) in [6.07, 6.45) is 5.54. The van der Waals surface area contributed by atoms with Gasteiger partial charge in [-0.15, -0.1) is 0 Å². The van der Waals surface area contributed by atoms with E-state index in [2.05, 4.69) is 4.74 Å². The van der Waals surface area contributed by atoms with Gasteiger partial charge in [0, 0.05) is 37.6 Å². The van der Waals surface area contributed by atoms with Gasteiger partial charge in [-0.05, 0) is 43.5 Å². The summed E-state index contributed by atoms with van der Waals surface area (Å²) in [6.45, 7) is 1.00. The number of carbonyl (C=O) groups excluding carboxylic acids is 3. The topological polar surface area (TPSA) is 85.4 Å². The van der Waals surface area contributed by atoms with Crippen LogP contribution in [0.1, 0.15) is 37.7 Å². The first-order chi connectivity index (χ1) is 14.0. The van der Waals surface area contributed by atoms with Crippen molar-refractivity contribution in [2.45, 2.75) is 32.1 Å². The molecule has 158 valence electrons. The Labute approximate surface area is 171 Å². The van der Waals surface area contributed by atoms with Gasteiger partial charge in [0.05, 0.1) is 21.3 Å². The molecule has 1 aliphatic heterocycles. The standard InChI is InChI=1S/C21H28N2O6/c1-27-17-10-11-18(28-2)16(15-17)9-12-20(25)23-14-6-13-22(23)19(24)7-4-5-8-21(26)29-3/h9-12,15H,4-8,13-14H2,1-3H3. The van der Waals surface area contributed by atoms with Gasteiger partial charge >= 0.3 is 5.97 Å². The van der Waals surface area contributed by atoms with Crippen LogP contribution in [0, 0.1) is 0 Å². The zero-order valence-electron chi connectivity index (χ0n) is 17.2. The number of esters is 1. The summed E-state index contributed by atoms with van der Waals surface area (Å²) < 4.78 is 15.1. The normalized spacial score (nSPS) is 13.6. The molecule has 0 unspecified atom stereocenters. The Morgan fingerprint density at radius 3 is 2.41 bits per heavy atom. The second kappa shape index (κ2) is 11.1. The van der Waals surface area contributed by atoms with Gasteiger partial charge in [-0.2, -0.15) is 0 Å². The van der Waals surface area contributed by atoms with Crippen molar-refractivity contribution >= 4 is 23.9 Å². The minimum Gasteiger partial charge on any atom is -0.497 e. The van der Waals surface area contributed by atoms with Gasteiger partial charge in [-0.3, -0.25) is 19.4 Å². The van der Waals surface area contributed by atoms with Gasteiger partial charge in [-0.25, -0.2) is 5.01 Å². The van der Waals surface area contributed by atoms with Crippen LogP contribution in [0.15, 0.2) is 24.3 Å². The molecule has 1 heterocycles. The number of methoxy groups -OCH3 is 3. The van der Waals surface area contributed by atoms with E-state index < -0.39 is 0 Å². The van der Waals surface area contributed by atoms with E-state index in [9.17, 15) is 14.4 Å². The van der Waals surface area contributed by atoms with E-state index in [0.29, 0.717) is 43.0 Å². The van der Waals surface area contributed by atoms with Gasteiger partial charge in [0.1, 0.15) is 11.5 Å². The zero-order chi connectivity index (χ0) is 21.2. The molecule has 0 aromatic heterocycles. The highest BCUT2D eigenvalue weighted by atomic mass is 16.5. The van der Waals surface area contributed by atoms with Gasteiger partial charge < -0.3 is 14.2 Å². The van der Waals surface area contributed by atoms with Gasteiger partial charge in [0.15, 0.2) is 0 Å².